The van der Waals surface area contributed by atoms with E-state index in [4.69, 9.17) is 6.57 Å². The zero-order valence-corrected chi connectivity index (χ0v) is 28.3. The normalized spacial score (nSPS) is 39.0. The summed E-state index contributed by atoms with van der Waals surface area (Å²) < 4.78 is 1.71. The van der Waals surface area contributed by atoms with Gasteiger partial charge in [0.05, 0.1) is 29.6 Å². The monoisotopic (exact) mass is 618 g/mol. The van der Waals surface area contributed by atoms with Crippen molar-refractivity contribution in [2.75, 3.05) is 0 Å². The molecule has 0 saturated heterocycles. The zero-order valence-electron chi connectivity index (χ0n) is 28.3. The van der Waals surface area contributed by atoms with E-state index in [1.54, 1.807) is 23.3 Å². The van der Waals surface area contributed by atoms with Crippen LogP contribution in [0.2, 0.25) is 0 Å². The number of hydrogen-bond donors (Lipinski definition) is 0. The van der Waals surface area contributed by atoms with Crippen LogP contribution in [0.1, 0.15) is 98.2 Å². The molecule has 3 saturated carbocycles. The summed E-state index contributed by atoms with van der Waals surface area (Å²) in [5, 5.41) is 0. The summed E-state index contributed by atoms with van der Waals surface area (Å²) in [4.78, 5) is 55.9. The van der Waals surface area contributed by atoms with Crippen LogP contribution in [0.15, 0.2) is 60.3 Å². The number of allylic oxidation sites excluding steroid dienone is 4. The molecule has 46 heavy (non-hydrogen) atoms. The lowest BCUT2D eigenvalue weighted by molar-refractivity contribution is -0.164. The number of pyridine rings is 1. The van der Waals surface area contributed by atoms with E-state index in [0.29, 0.717) is 17.8 Å². The molecule has 0 amide bonds. The van der Waals surface area contributed by atoms with Crippen LogP contribution in [0.4, 0.5) is 0 Å². The molecule has 7 nitrogen and oxygen atoms in total. The molecule has 0 radical (unpaired) electrons. The maximum atomic E-state index is 15.0. The fourth-order valence-corrected chi connectivity index (χ4v) is 11.4. The lowest BCUT2D eigenvalue weighted by atomic mass is 9.34. The van der Waals surface area contributed by atoms with Crippen LogP contribution in [0, 0.1) is 56.8 Å². The van der Waals surface area contributed by atoms with Crippen LogP contribution in [0.25, 0.3) is 16.2 Å². The molecule has 0 bridgehead atoms. The third-order valence-electron chi connectivity index (χ3n) is 14.1. The van der Waals surface area contributed by atoms with Crippen LogP contribution in [0.3, 0.4) is 0 Å². The molecule has 240 valence electrons. The first-order valence-electron chi connectivity index (χ1n) is 17.0. The molecule has 7 heteroatoms. The summed E-state index contributed by atoms with van der Waals surface area (Å²) in [5.41, 5.74) is 0.0368. The van der Waals surface area contributed by atoms with Gasteiger partial charge in [-0.2, -0.15) is 0 Å². The summed E-state index contributed by atoms with van der Waals surface area (Å²) in [5.74, 6) is -0.353. The smallest absolute Gasteiger partial charge is 0.238 e. The van der Waals surface area contributed by atoms with Crippen LogP contribution in [0.5, 0.6) is 0 Å². The van der Waals surface area contributed by atoms with Crippen molar-refractivity contribution in [2.45, 2.75) is 93.4 Å². The van der Waals surface area contributed by atoms with E-state index in [-0.39, 0.29) is 57.2 Å². The van der Waals surface area contributed by atoms with Gasteiger partial charge in [-0.3, -0.25) is 19.1 Å². The zero-order chi connectivity index (χ0) is 33.1. The molecule has 2 aromatic heterocycles. The molecule has 2 heterocycles. The number of carbonyl (C=O) groups excluding carboxylic acids is 3. The molecule has 3 fully saturated rings. The Morgan fingerprint density at radius 2 is 1.74 bits per heavy atom. The highest BCUT2D eigenvalue weighted by Gasteiger charge is 2.71. The van der Waals surface area contributed by atoms with E-state index in [0.717, 1.165) is 44.1 Å². The molecule has 0 aromatic carbocycles. The molecule has 7 unspecified atom stereocenters. The number of Topliss-reactive ketones (excluding diaryl/α,β-unsaturated/α-hetero) is 1. The van der Waals surface area contributed by atoms with E-state index in [2.05, 4.69) is 49.4 Å². The van der Waals surface area contributed by atoms with Gasteiger partial charge in [0.1, 0.15) is 6.33 Å². The third kappa shape index (κ3) is 3.85. The second kappa shape index (κ2) is 9.69. The predicted molar refractivity (Wildman–Crippen MR) is 176 cm³/mol. The van der Waals surface area contributed by atoms with E-state index in [1.807, 2.05) is 44.2 Å². The number of ketones is 2. The number of nitrogens with zero attached hydrogens (tertiary/aromatic N) is 4. The molecular formula is C39H46N4O3. The number of imidazole rings is 1. The van der Waals surface area contributed by atoms with Crippen molar-refractivity contribution in [1.29, 1.82) is 0 Å². The maximum absolute atomic E-state index is 15.0. The highest BCUT2D eigenvalue weighted by Crippen LogP contribution is 2.74. The van der Waals surface area contributed by atoms with Gasteiger partial charge >= 0.3 is 0 Å². The second-order valence-electron chi connectivity index (χ2n) is 17.1. The first-order valence-corrected chi connectivity index (χ1v) is 17.0. The molecular weight excluding hydrogens is 572 g/mol. The molecule has 0 aliphatic heterocycles. The van der Waals surface area contributed by atoms with Crippen molar-refractivity contribution in [3.8, 4) is 11.4 Å². The average molecular weight is 619 g/mol. The lowest BCUT2D eigenvalue weighted by Gasteiger charge is -2.69. The van der Waals surface area contributed by atoms with Crippen molar-refractivity contribution in [2.24, 2.45) is 50.2 Å². The van der Waals surface area contributed by atoms with Gasteiger partial charge in [0, 0.05) is 22.9 Å². The van der Waals surface area contributed by atoms with Crippen molar-refractivity contribution >= 4 is 17.5 Å². The first kappa shape index (κ1) is 31.0. The van der Waals surface area contributed by atoms with E-state index < -0.39 is 16.2 Å². The average Bonchev–Trinajstić information content (AvgIpc) is 3.50. The SMILES string of the molecule is [C-]#[N+]C1=CC2(C)C3=CC(=O)C4C5CC(C)(C)CCC5(C(=O)n5cncc5-c5ccccn5)CCC4(C)C3(C)CCC2C(C)(C)C1=O. The van der Waals surface area contributed by atoms with Crippen LogP contribution in [-0.4, -0.2) is 32.0 Å². The Labute approximate surface area is 272 Å². The Morgan fingerprint density at radius 3 is 2.43 bits per heavy atom. The number of rotatable bonds is 2. The van der Waals surface area contributed by atoms with Crippen LogP contribution >= 0.6 is 0 Å². The van der Waals surface area contributed by atoms with E-state index in [1.165, 1.54) is 0 Å². The van der Waals surface area contributed by atoms with Crippen molar-refractivity contribution in [3.63, 3.8) is 0 Å². The summed E-state index contributed by atoms with van der Waals surface area (Å²) in [6.45, 7) is 23.2. The Hall–Kier alpha value is -3.66. The van der Waals surface area contributed by atoms with Gasteiger partial charge in [-0.05, 0) is 91.2 Å². The predicted octanol–water partition coefficient (Wildman–Crippen LogP) is 8.16. The molecule has 7 atom stereocenters. The minimum Gasteiger partial charge on any atom is -0.307 e. The minimum atomic E-state index is -0.690. The number of carbonyl (C=O) groups is 3. The van der Waals surface area contributed by atoms with Gasteiger partial charge < -0.3 is 4.79 Å². The highest BCUT2D eigenvalue weighted by atomic mass is 16.2. The standard InChI is InChI=1S/C39H46N4O3/c1-34(2)14-16-39(33(46)43-23-41-22-27(43)25-11-9-10-18-42-25)17-15-38(7)31(24(39)20-34)28(44)19-30-36(5)21-26(40-8)32(45)35(3,4)29(36)12-13-37(30,38)6/h9-11,18-19,21-24,29,31H,12-17,20H2,1-7H3. The lowest BCUT2D eigenvalue weighted by Crippen LogP contribution is -2.66. The summed E-state index contributed by atoms with van der Waals surface area (Å²) in [7, 11) is 0. The number of aromatic nitrogens is 3. The van der Waals surface area contributed by atoms with Gasteiger partial charge in [-0.15, -0.1) is 0 Å². The Morgan fingerprint density at radius 1 is 1.00 bits per heavy atom. The Kier molecular flexibility index (Phi) is 6.52. The summed E-state index contributed by atoms with van der Waals surface area (Å²) in [6.07, 6.45) is 14.6. The fraction of sp³-hybridized carbons (Fsp3) is 0.590. The molecule has 0 N–H and O–H groups in total. The molecule has 7 rings (SSSR count). The molecule has 0 spiro atoms. The Balaban J connectivity index is 1.37. The van der Waals surface area contributed by atoms with Crippen molar-refractivity contribution in [1.82, 2.24) is 14.5 Å². The van der Waals surface area contributed by atoms with Gasteiger partial charge in [0.2, 0.25) is 11.6 Å². The van der Waals surface area contributed by atoms with Crippen molar-refractivity contribution < 1.29 is 14.4 Å². The summed E-state index contributed by atoms with van der Waals surface area (Å²) in [6, 6.07) is 5.68. The topological polar surface area (TPSA) is 86.3 Å². The van der Waals surface area contributed by atoms with Gasteiger partial charge in [-0.1, -0.05) is 66.2 Å². The Bertz CT molecular complexity index is 1770. The van der Waals surface area contributed by atoms with Gasteiger partial charge in [0.15, 0.2) is 11.6 Å². The van der Waals surface area contributed by atoms with Gasteiger partial charge in [0.25, 0.3) is 0 Å². The second-order valence-corrected chi connectivity index (χ2v) is 17.1. The summed E-state index contributed by atoms with van der Waals surface area (Å²) >= 11 is 0. The number of hydrogen-bond acceptors (Lipinski definition) is 5. The molecule has 5 aliphatic carbocycles. The largest absolute Gasteiger partial charge is 0.307 e. The van der Waals surface area contributed by atoms with Gasteiger partial charge in [-0.25, -0.2) is 9.83 Å². The maximum Gasteiger partial charge on any atom is 0.238 e. The van der Waals surface area contributed by atoms with Crippen LogP contribution in [-0.2, 0) is 9.59 Å². The third-order valence-corrected chi connectivity index (χ3v) is 14.1. The minimum absolute atomic E-state index is 0.00128. The van der Waals surface area contributed by atoms with E-state index >= 15 is 0 Å². The van der Waals surface area contributed by atoms with Crippen LogP contribution < -0.4 is 0 Å². The molecule has 5 aliphatic rings. The van der Waals surface area contributed by atoms with E-state index in [9.17, 15) is 14.4 Å². The fourth-order valence-electron chi connectivity index (χ4n) is 11.4. The molecule has 2 aromatic rings. The highest BCUT2D eigenvalue weighted by molar-refractivity contribution is 6.03. The quantitative estimate of drug-likeness (QED) is 0.317. The first-order chi connectivity index (χ1) is 21.6. The number of fused-ring (bicyclic) bond motifs is 7. The van der Waals surface area contributed by atoms with Crippen molar-refractivity contribution in [3.05, 3.63) is 71.8 Å².